The molecular weight excluding hydrogens is 446 g/mol. The normalized spacial score (nSPS) is 10.8. The Balaban J connectivity index is 1.63. The molecule has 1 amide bonds. The summed E-state index contributed by atoms with van der Waals surface area (Å²) in [5.41, 5.74) is 3.72. The van der Waals surface area contributed by atoms with E-state index in [4.69, 9.17) is 4.74 Å². The predicted octanol–water partition coefficient (Wildman–Crippen LogP) is 4.76. The second kappa shape index (κ2) is 9.25. The van der Waals surface area contributed by atoms with Crippen molar-refractivity contribution in [3.63, 3.8) is 0 Å². The minimum absolute atomic E-state index is 0.0134. The number of thiophene rings is 1. The number of nitrogens with zero attached hydrogens (tertiary/aromatic N) is 2. The molecule has 0 aliphatic rings. The van der Waals surface area contributed by atoms with Gasteiger partial charge in [-0.15, -0.1) is 0 Å². The minimum atomic E-state index is -0.473. The molecule has 3 rings (SSSR count). The second-order valence-corrected chi connectivity index (χ2v) is 7.55. The Hall–Kier alpha value is -3.04. The Bertz CT molecular complexity index is 1020. The third-order valence-corrected chi connectivity index (χ3v) is 5.09. The van der Waals surface area contributed by atoms with E-state index in [-0.39, 0.29) is 5.00 Å². The largest absolute Gasteiger partial charge is 0.488 e. The van der Waals surface area contributed by atoms with Crippen molar-refractivity contribution in [2.24, 2.45) is 5.10 Å². The zero-order valence-electron chi connectivity index (χ0n) is 14.4. The molecule has 142 valence electrons. The van der Waals surface area contributed by atoms with Crippen molar-refractivity contribution >= 4 is 44.4 Å². The molecule has 0 radical (unpaired) electrons. The van der Waals surface area contributed by atoms with Crippen LogP contribution in [0.2, 0.25) is 0 Å². The van der Waals surface area contributed by atoms with Crippen molar-refractivity contribution in [3.05, 3.63) is 91.3 Å². The van der Waals surface area contributed by atoms with Gasteiger partial charge in [-0.1, -0.05) is 51.5 Å². The summed E-state index contributed by atoms with van der Waals surface area (Å²) < 4.78 is 6.75. The highest BCUT2D eigenvalue weighted by Gasteiger charge is 2.12. The van der Waals surface area contributed by atoms with Gasteiger partial charge in [0, 0.05) is 10.5 Å². The van der Waals surface area contributed by atoms with E-state index in [1.807, 2.05) is 24.3 Å². The molecule has 3 aromatic rings. The van der Waals surface area contributed by atoms with E-state index in [9.17, 15) is 14.9 Å². The lowest BCUT2D eigenvalue weighted by Gasteiger charge is -2.10. The number of nitro groups is 1. The van der Waals surface area contributed by atoms with Crippen molar-refractivity contribution in [1.82, 2.24) is 5.43 Å². The number of para-hydroxylation sites is 1. The van der Waals surface area contributed by atoms with Crippen LogP contribution >= 0.6 is 27.3 Å². The third-order valence-electron chi connectivity index (χ3n) is 3.59. The van der Waals surface area contributed by atoms with Gasteiger partial charge in [0.1, 0.15) is 12.4 Å². The van der Waals surface area contributed by atoms with Crippen LogP contribution < -0.4 is 10.2 Å². The van der Waals surface area contributed by atoms with Gasteiger partial charge in [0.25, 0.3) is 5.91 Å². The third kappa shape index (κ3) is 5.24. The second-order valence-electron chi connectivity index (χ2n) is 5.54. The smallest absolute Gasteiger partial charge is 0.324 e. The van der Waals surface area contributed by atoms with Crippen molar-refractivity contribution in [2.75, 3.05) is 0 Å². The van der Waals surface area contributed by atoms with Gasteiger partial charge < -0.3 is 4.74 Å². The number of hydrazone groups is 1. The van der Waals surface area contributed by atoms with Gasteiger partial charge >= 0.3 is 5.00 Å². The lowest BCUT2D eigenvalue weighted by molar-refractivity contribution is -0.380. The molecule has 0 fully saturated rings. The molecule has 7 nitrogen and oxygen atoms in total. The average Bonchev–Trinajstić information content (AvgIpc) is 3.17. The van der Waals surface area contributed by atoms with E-state index >= 15 is 0 Å². The quantitative estimate of drug-likeness (QED) is 0.313. The van der Waals surface area contributed by atoms with E-state index in [0.717, 1.165) is 21.4 Å². The number of carbonyl (C=O) groups is 1. The fourth-order valence-electron chi connectivity index (χ4n) is 2.25. The van der Waals surface area contributed by atoms with Crippen LogP contribution in [0.5, 0.6) is 5.75 Å². The maximum atomic E-state index is 12.4. The zero-order chi connectivity index (χ0) is 19.9. The van der Waals surface area contributed by atoms with E-state index < -0.39 is 10.8 Å². The Labute approximate surface area is 172 Å². The number of carbonyl (C=O) groups excluding carboxylic acids is 1. The molecule has 1 aromatic heterocycles. The molecule has 0 aliphatic carbocycles. The molecule has 0 saturated heterocycles. The van der Waals surface area contributed by atoms with Gasteiger partial charge in [-0.2, -0.15) is 5.10 Å². The van der Waals surface area contributed by atoms with Gasteiger partial charge in [0.15, 0.2) is 0 Å². The number of ether oxygens (including phenoxy) is 1. The number of rotatable bonds is 7. The highest BCUT2D eigenvalue weighted by Crippen LogP contribution is 2.22. The predicted molar refractivity (Wildman–Crippen MR) is 111 cm³/mol. The molecule has 0 aliphatic heterocycles. The molecule has 0 atom stereocenters. The van der Waals surface area contributed by atoms with Crippen LogP contribution in [0.25, 0.3) is 0 Å². The number of hydrogen-bond donors (Lipinski definition) is 1. The van der Waals surface area contributed by atoms with Crippen LogP contribution in [-0.2, 0) is 6.61 Å². The van der Waals surface area contributed by atoms with Gasteiger partial charge in [0.05, 0.1) is 21.6 Å². The topological polar surface area (TPSA) is 93.8 Å². The highest BCUT2D eigenvalue weighted by atomic mass is 79.9. The molecule has 28 heavy (non-hydrogen) atoms. The van der Waals surface area contributed by atoms with Crippen molar-refractivity contribution in [2.45, 2.75) is 6.61 Å². The SMILES string of the molecule is O=C(N/N=C/c1ccc([N+](=O)[O-])s1)c1ccccc1OCc1ccc(Br)cc1. The first-order valence-corrected chi connectivity index (χ1v) is 9.68. The zero-order valence-corrected chi connectivity index (χ0v) is 16.8. The summed E-state index contributed by atoms with van der Waals surface area (Å²) in [6, 6.07) is 17.5. The van der Waals surface area contributed by atoms with Gasteiger partial charge in [-0.05, 0) is 35.9 Å². The first-order chi connectivity index (χ1) is 13.5. The number of amides is 1. The number of halogens is 1. The Kier molecular flexibility index (Phi) is 6.51. The molecule has 0 bridgehead atoms. The van der Waals surface area contributed by atoms with Crippen LogP contribution in [0.15, 0.2) is 70.2 Å². The minimum Gasteiger partial charge on any atom is -0.488 e. The summed E-state index contributed by atoms with van der Waals surface area (Å²) in [6.45, 7) is 0.319. The van der Waals surface area contributed by atoms with E-state index in [0.29, 0.717) is 22.8 Å². The lowest BCUT2D eigenvalue weighted by atomic mass is 10.2. The number of hydrogen-bond acceptors (Lipinski definition) is 6. The summed E-state index contributed by atoms with van der Waals surface area (Å²) in [5, 5.41) is 14.6. The fourth-order valence-corrected chi connectivity index (χ4v) is 3.20. The summed E-state index contributed by atoms with van der Waals surface area (Å²) in [5.74, 6) is -0.00130. The monoisotopic (exact) mass is 459 g/mol. The Morgan fingerprint density at radius 1 is 1.18 bits per heavy atom. The Morgan fingerprint density at radius 3 is 2.64 bits per heavy atom. The fraction of sp³-hybridized carbons (Fsp3) is 0.0526. The molecule has 1 heterocycles. The number of nitrogens with one attached hydrogen (secondary N) is 1. The standard InChI is InChI=1S/C19H14BrN3O4S/c20-14-7-5-13(6-8-14)12-27-17-4-2-1-3-16(17)19(24)22-21-11-15-9-10-18(28-15)23(25)26/h1-11H,12H2,(H,22,24)/b21-11+. The molecule has 0 saturated carbocycles. The van der Waals surface area contributed by atoms with Crippen LogP contribution in [-0.4, -0.2) is 17.0 Å². The van der Waals surface area contributed by atoms with Crippen molar-refractivity contribution < 1.29 is 14.5 Å². The first-order valence-electron chi connectivity index (χ1n) is 8.07. The van der Waals surface area contributed by atoms with Gasteiger partial charge in [-0.3, -0.25) is 14.9 Å². The number of benzene rings is 2. The lowest BCUT2D eigenvalue weighted by Crippen LogP contribution is -2.18. The average molecular weight is 460 g/mol. The van der Waals surface area contributed by atoms with Crippen LogP contribution in [0.4, 0.5) is 5.00 Å². The molecule has 0 spiro atoms. The molecule has 2 aromatic carbocycles. The summed E-state index contributed by atoms with van der Waals surface area (Å²) in [7, 11) is 0. The summed E-state index contributed by atoms with van der Waals surface area (Å²) in [4.78, 5) is 23.2. The maximum Gasteiger partial charge on any atom is 0.324 e. The van der Waals surface area contributed by atoms with E-state index in [2.05, 4.69) is 26.5 Å². The van der Waals surface area contributed by atoms with E-state index in [1.54, 1.807) is 30.3 Å². The first kappa shape index (κ1) is 19.7. The Morgan fingerprint density at radius 2 is 1.93 bits per heavy atom. The highest BCUT2D eigenvalue weighted by molar-refractivity contribution is 9.10. The molecule has 1 N–H and O–H groups in total. The van der Waals surface area contributed by atoms with Crippen LogP contribution in [0, 0.1) is 10.1 Å². The maximum absolute atomic E-state index is 12.4. The summed E-state index contributed by atoms with van der Waals surface area (Å²) >= 11 is 4.35. The molecule has 0 unspecified atom stereocenters. The summed E-state index contributed by atoms with van der Waals surface area (Å²) in [6.07, 6.45) is 1.36. The van der Waals surface area contributed by atoms with E-state index in [1.165, 1.54) is 12.3 Å². The molecule has 9 heteroatoms. The van der Waals surface area contributed by atoms with Crippen molar-refractivity contribution in [3.8, 4) is 5.75 Å². The van der Waals surface area contributed by atoms with Gasteiger partial charge in [0.2, 0.25) is 0 Å². The molecular formula is C19H14BrN3O4S. The van der Waals surface area contributed by atoms with Crippen LogP contribution in [0.3, 0.4) is 0 Å². The van der Waals surface area contributed by atoms with Crippen LogP contribution in [0.1, 0.15) is 20.8 Å². The van der Waals surface area contributed by atoms with Gasteiger partial charge in [-0.25, -0.2) is 5.43 Å². The van der Waals surface area contributed by atoms with Crippen molar-refractivity contribution in [1.29, 1.82) is 0 Å².